The SMILES string of the molecule is O=C1C2CC=CCC2C(=O)N1OC(O)[C@@H]1CC[C@@H]2CN1C(=O)N2OCc1ccccc1. The van der Waals surface area contributed by atoms with Gasteiger partial charge in [-0.05, 0) is 31.2 Å². The Morgan fingerprint density at radius 1 is 1.00 bits per heavy atom. The van der Waals surface area contributed by atoms with E-state index in [0.29, 0.717) is 37.3 Å². The van der Waals surface area contributed by atoms with Gasteiger partial charge >= 0.3 is 6.03 Å². The second kappa shape index (κ2) is 8.07. The summed E-state index contributed by atoms with van der Waals surface area (Å²) in [5, 5.41) is 12.8. The van der Waals surface area contributed by atoms with Crippen LogP contribution < -0.4 is 0 Å². The Hall–Kier alpha value is -2.75. The lowest BCUT2D eigenvalue weighted by molar-refractivity contribution is -0.260. The van der Waals surface area contributed by atoms with Crippen LogP contribution in [0.4, 0.5) is 4.79 Å². The maximum atomic E-state index is 12.9. The van der Waals surface area contributed by atoms with Gasteiger partial charge in [0, 0.05) is 6.54 Å². The topological polar surface area (TPSA) is 99.6 Å². The van der Waals surface area contributed by atoms with Crippen LogP contribution in [0.2, 0.25) is 0 Å². The fourth-order valence-corrected chi connectivity index (χ4v) is 4.89. The molecular formula is C22H25N3O6. The first-order chi connectivity index (χ1) is 15.0. The van der Waals surface area contributed by atoms with Crippen molar-refractivity contribution in [2.45, 2.75) is 50.7 Å². The largest absolute Gasteiger partial charge is 0.364 e. The molecule has 3 fully saturated rings. The molecule has 2 bridgehead atoms. The van der Waals surface area contributed by atoms with Crippen molar-refractivity contribution in [1.29, 1.82) is 0 Å². The summed E-state index contributed by atoms with van der Waals surface area (Å²) < 4.78 is 0. The predicted octanol–water partition coefficient (Wildman–Crippen LogP) is 1.59. The Balaban J connectivity index is 1.22. The number of imide groups is 1. The first kappa shape index (κ1) is 20.2. The van der Waals surface area contributed by atoms with E-state index >= 15 is 0 Å². The fourth-order valence-electron chi connectivity index (χ4n) is 4.89. The second-order valence-electron chi connectivity index (χ2n) is 8.44. The van der Waals surface area contributed by atoms with Gasteiger partial charge in [-0.1, -0.05) is 42.5 Å². The van der Waals surface area contributed by atoms with E-state index in [-0.39, 0.29) is 18.7 Å². The van der Waals surface area contributed by atoms with Crippen molar-refractivity contribution >= 4 is 17.8 Å². The molecule has 5 atom stereocenters. The summed E-state index contributed by atoms with van der Waals surface area (Å²) >= 11 is 0. The molecular weight excluding hydrogens is 402 g/mol. The Morgan fingerprint density at radius 2 is 1.68 bits per heavy atom. The molecule has 5 rings (SSSR count). The monoisotopic (exact) mass is 427 g/mol. The molecule has 0 saturated carbocycles. The number of hydrogen-bond acceptors (Lipinski definition) is 6. The normalized spacial score (nSPS) is 30.9. The van der Waals surface area contributed by atoms with E-state index in [1.165, 1.54) is 9.96 Å². The van der Waals surface area contributed by atoms with Crippen LogP contribution in [0.5, 0.6) is 0 Å². The minimum absolute atomic E-state index is 0.108. The van der Waals surface area contributed by atoms with E-state index in [1.807, 2.05) is 42.5 Å². The molecule has 0 spiro atoms. The molecule has 3 unspecified atom stereocenters. The van der Waals surface area contributed by atoms with E-state index in [0.717, 1.165) is 5.56 Å². The Kier molecular flexibility index (Phi) is 5.25. The highest BCUT2D eigenvalue weighted by Gasteiger charge is 2.52. The van der Waals surface area contributed by atoms with Crippen LogP contribution in [0.15, 0.2) is 42.5 Å². The van der Waals surface area contributed by atoms with Gasteiger partial charge < -0.3 is 10.0 Å². The average molecular weight is 427 g/mol. The summed E-state index contributed by atoms with van der Waals surface area (Å²) in [5.41, 5.74) is 0.952. The summed E-state index contributed by atoms with van der Waals surface area (Å²) in [6.07, 6.45) is 4.40. The summed E-state index contributed by atoms with van der Waals surface area (Å²) in [4.78, 5) is 50.8. The lowest BCUT2D eigenvalue weighted by atomic mass is 9.85. The number of amides is 4. The molecule has 3 saturated heterocycles. The predicted molar refractivity (Wildman–Crippen MR) is 106 cm³/mol. The number of carbonyl (C=O) groups is 3. The molecule has 1 aliphatic carbocycles. The smallest absolute Gasteiger partial charge is 0.344 e. The number of aliphatic hydroxyl groups excluding tert-OH is 1. The van der Waals surface area contributed by atoms with Crippen LogP contribution in [-0.4, -0.2) is 62.9 Å². The van der Waals surface area contributed by atoms with E-state index in [4.69, 9.17) is 9.68 Å². The van der Waals surface area contributed by atoms with Gasteiger partial charge in [0.1, 0.15) is 6.61 Å². The molecule has 0 radical (unpaired) electrons. The van der Waals surface area contributed by atoms with Crippen molar-refractivity contribution in [3.05, 3.63) is 48.0 Å². The highest BCUT2D eigenvalue weighted by Crippen LogP contribution is 2.37. The zero-order valence-corrected chi connectivity index (χ0v) is 17.0. The third-order valence-corrected chi connectivity index (χ3v) is 6.59. The molecule has 4 aliphatic rings. The molecule has 3 heterocycles. The van der Waals surface area contributed by atoms with Gasteiger partial charge in [0.15, 0.2) is 0 Å². The van der Waals surface area contributed by atoms with E-state index in [1.54, 1.807) is 0 Å². The number of nitrogens with zero attached hydrogens (tertiary/aromatic N) is 3. The fraction of sp³-hybridized carbons (Fsp3) is 0.500. The van der Waals surface area contributed by atoms with Crippen molar-refractivity contribution < 1.29 is 29.2 Å². The van der Waals surface area contributed by atoms with Crippen LogP contribution in [-0.2, 0) is 25.9 Å². The Bertz CT molecular complexity index is 880. The zero-order chi connectivity index (χ0) is 21.5. The summed E-state index contributed by atoms with van der Waals surface area (Å²) in [6, 6.07) is 8.46. The van der Waals surface area contributed by atoms with Gasteiger partial charge in [-0.2, -0.15) is 5.06 Å². The van der Waals surface area contributed by atoms with Gasteiger partial charge in [0.05, 0.1) is 23.9 Å². The summed E-state index contributed by atoms with van der Waals surface area (Å²) in [5.74, 6) is -1.72. The van der Waals surface area contributed by atoms with Crippen molar-refractivity contribution in [1.82, 2.24) is 15.0 Å². The number of benzene rings is 1. The molecule has 1 N–H and O–H groups in total. The van der Waals surface area contributed by atoms with Crippen LogP contribution >= 0.6 is 0 Å². The van der Waals surface area contributed by atoms with Crippen molar-refractivity contribution in [2.24, 2.45) is 11.8 Å². The molecule has 4 amide bonds. The van der Waals surface area contributed by atoms with Crippen molar-refractivity contribution in [2.75, 3.05) is 6.54 Å². The van der Waals surface area contributed by atoms with Crippen LogP contribution in [0.3, 0.4) is 0 Å². The highest BCUT2D eigenvalue weighted by molar-refractivity contribution is 6.04. The third-order valence-electron chi connectivity index (χ3n) is 6.59. The maximum Gasteiger partial charge on any atom is 0.344 e. The lowest BCUT2D eigenvalue weighted by Gasteiger charge is -2.34. The quantitative estimate of drug-likeness (QED) is 0.421. The number of urea groups is 1. The first-order valence-corrected chi connectivity index (χ1v) is 10.7. The zero-order valence-electron chi connectivity index (χ0n) is 17.0. The number of allylic oxidation sites excluding steroid dienone is 2. The molecule has 164 valence electrons. The van der Waals surface area contributed by atoms with Gasteiger partial charge in [-0.3, -0.25) is 14.4 Å². The molecule has 1 aromatic carbocycles. The highest BCUT2D eigenvalue weighted by atomic mass is 16.8. The van der Waals surface area contributed by atoms with Crippen LogP contribution in [0.25, 0.3) is 0 Å². The number of hydrogen-bond donors (Lipinski definition) is 1. The number of aliphatic hydroxyl groups is 1. The molecule has 9 heteroatoms. The minimum atomic E-state index is -1.47. The number of hydroxylamine groups is 4. The molecule has 9 nitrogen and oxygen atoms in total. The van der Waals surface area contributed by atoms with Gasteiger partial charge in [0.25, 0.3) is 11.8 Å². The van der Waals surface area contributed by atoms with Crippen LogP contribution in [0.1, 0.15) is 31.2 Å². The van der Waals surface area contributed by atoms with Crippen molar-refractivity contribution in [3.63, 3.8) is 0 Å². The number of carbonyl (C=O) groups excluding carboxylic acids is 3. The van der Waals surface area contributed by atoms with E-state index < -0.39 is 36.0 Å². The van der Waals surface area contributed by atoms with Crippen molar-refractivity contribution in [3.8, 4) is 0 Å². The molecule has 0 aromatic heterocycles. The number of piperidine rings is 1. The molecule has 1 aromatic rings. The number of fused-ring (bicyclic) bond motifs is 3. The average Bonchev–Trinajstić information content (AvgIpc) is 3.18. The first-order valence-electron chi connectivity index (χ1n) is 10.7. The maximum absolute atomic E-state index is 12.9. The molecule has 31 heavy (non-hydrogen) atoms. The summed E-state index contributed by atoms with van der Waals surface area (Å²) in [7, 11) is 0. The van der Waals surface area contributed by atoms with Gasteiger partial charge in [-0.15, -0.1) is 5.06 Å². The molecule has 3 aliphatic heterocycles. The van der Waals surface area contributed by atoms with Crippen LogP contribution in [0, 0.1) is 11.8 Å². The number of rotatable bonds is 6. The third kappa shape index (κ3) is 3.52. The second-order valence-corrected chi connectivity index (χ2v) is 8.44. The van der Waals surface area contributed by atoms with E-state index in [9.17, 15) is 19.5 Å². The minimum Gasteiger partial charge on any atom is -0.364 e. The summed E-state index contributed by atoms with van der Waals surface area (Å²) in [6.45, 7) is 0.671. The Labute approximate surface area is 179 Å². The van der Waals surface area contributed by atoms with Gasteiger partial charge in [-0.25, -0.2) is 9.63 Å². The lowest BCUT2D eigenvalue weighted by Crippen LogP contribution is -2.50. The standard InChI is InChI=1S/C22H25N3O6/c26-19-16-8-4-5-9-17(16)20(27)25(19)31-21(28)18-11-10-15-12-23(18)22(29)24(15)30-13-14-6-2-1-3-7-14/h1-7,15-18,21,28H,8-13H2/t15-,16?,17?,18+,21?/m1/s1. The Morgan fingerprint density at radius 3 is 2.35 bits per heavy atom. The van der Waals surface area contributed by atoms with Gasteiger partial charge in [0.2, 0.25) is 6.29 Å². The van der Waals surface area contributed by atoms with E-state index in [2.05, 4.69) is 0 Å².